The van der Waals surface area contributed by atoms with Crippen molar-refractivity contribution in [2.45, 2.75) is 38.8 Å². The average Bonchev–Trinajstić information content (AvgIpc) is 2.96. The van der Waals surface area contributed by atoms with E-state index < -0.39 is 0 Å². The van der Waals surface area contributed by atoms with Crippen LogP contribution in [0.3, 0.4) is 0 Å². The highest BCUT2D eigenvalue weighted by Gasteiger charge is 2.12. The van der Waals surface area contributed by atoms with E-state index in [1.54, 1.807) is 0 Å². The van der Waals surface area contributed by atoms with Crippen LogP contribution in [0.1, 0.15) is 36.0 Å². The van der Waals surface area contributed by atoms with Gasteiger partial charge in [0.1, 0.15) is 10.9 Å². The molecule has 0 saturated heterocycles. The lowest BCUT2D eigenvalue weighted by Gasteiger charge is -2.22. The number of hydrogen-bond donors (Lipinski definition) is 1. The minimum Gasteiger partial charge on any atom is -0.494 e. The Morgan fingerprint density at radius 2 is 1.51 bits per heavy atom. The normalized spacial score (nSPS) is 11.5. The number of ether oxygens (including phenoxy) is 1. The van der Waals surface area contributed by atoms with E-state index in [1.165, 1.54) is 22.9 Å². The van der Waals surface area contributed by atoms with Gasteiger partial charge in [0.2, 0.25) is 0 Å². The van der Waals surface area contributed by atoms with Crippen LogP contribution in [0.5, 0.6) is 5.75 Å². The van der Waals surface area contributed by atoms with Crippen LogP contribution in [0, 0.1) is 0 Å². The standard InChI is InChI=1S/C34H35ClN2O2/c35-34-31(22-30-12-6-7-13-33(30)36-34)25-37(18-19-38)24-27-14-15-29-23-32(17-16-28(29)21-27)39-20-8-2-5-11-26-9-3-1-4-10-26/h1,3-4,6-7,9-10,12-17,21-23,38H,2,5,8,11,18-20,24-25H2. The summed E-state index contributed by atoms with van der Waals surface area (Å²) in [7, 11) is 0. The van der Waals surface area contributed by atoms with Gasteiger partial charge in [0, 0.05) is 30.6 Å². The molecule has 5 aromatic rings. The third-order valence-electron chi connectivity index (χ3n) is 7.06. The molecule has 0 aliphatic carbocycles. The number of hydrogen-bond acceptors (Lipinski definition) is 4. The number of benzene rings is 4. The van der Waals surface area contributed by atoms with E-state index in [9.17, 15) is 5.11 Å². The number of pyridine rings is 1. The number of halogens is 1. The first-order valence-corrected chi connectivity index (χ1v) is 14.1. The molecule has 0 aliphatic rings. The first kappa shape index (κ1) is 27.1. The summed E-state index contributed by atoms with van der Waals surface area (Å²) in [4.78, 5) is 6.76. The summed E-state index contributed by atoms with van der Waals surface area (Å²) >= 11 is 6.52. The smallest absolute Gasteiger partial charge is 0.134 e. The van der Waals surface area contributed by atoms with E-state index in [2.05, 4.69) is 82.7 Å². The maximum absolute atomic E-state index is 9.70. The number of unbranched alkanes of at least 4 members (excludes halogenated alkanes) is 2. The van der Waals surface area contributed by atoms with Crippen LogP contribution >= 0.6 is 11.6 Å². The van der Waals surface area contributed by atoms with Crippen LogP contribution < -0.4 is 4.74 Å². The number of nitrogens with zero attached hydrogens (tertiary/aromatic N) is 2. The molecule has 4 aromatic carbocycles. The Bertz CT molecular complexity index is 1510. The molecule has 5 rings (SSSR count). The Hall–Kier alpha value is -3.44. The fraction of sp³-hybridized carbons (Fsp3) is 0.265. The van der Waals surface area contributed by atoms with Gasteiger partial charge in [-0.05, 0) is 77.9 Å². The van der Waals surface area contributed by atoms with Gasteiger partial charge in [0.15, 0.2) is 0 Å². The second-order valence-electron chi connectivity index (χ2n) is 10.1. The van der Waals surface area contributed by atoms with E-state index in [1.807, 2.05) is 24.3 Å². The highest BCUT2D eigenvalue weighted by Crippen LogP contribution is 2.25. The fourth-order valence-corrected chi connectivity index (χ4v) is 5.21. The number of para-hydroxylation sites is 1. The number of aromatic nitrogens is 1. The maximum Gasteiger partial charge on any atom is 0.134 e. The Labute approximate surface area is 235 Å². The third-order valence-corrected chi connectivity index (χ3v) is 7.39. The summed E-state index contributed by atoms with van der Waals surface area (Å²) in [6, 6.07) is 33.6. The summed E-state index contributed by atoms with van der Waals surface area (Å²) < 4.78 is 6.05. The second kappa shape index (κ2) is 13.6. The molecule has 0 bridgehead atoms. The molecule has 1 aromatic heterocycles. The van der Waals surface area contributed by atoms with Gasteiger partial charge >= 0.3 is 0 Å². The lowest BCUT2D eigenvalue weighted by molar-refractivity contribution is 0.184. The van der Waals surface area contributed by atoms with E-state index in [4.69, 9.17) is 16.3 Å². The average molecular weight is 539 g/mol. The number of aliphatic hydroxyl groups is 1. The predicted molar refractivity (Wildman–Crippen MR) is 161 cm³/mol. The van der Waals surface area contributed by atoms with Crippen LogP contribution in [0.25, 0.3) is 21.7 Å². The molecule has 1 N–H and O–H groups in total. The summed E-state index contributed by atoms with van der Waals surface area (Å²) in [5.41, 5.74) is 4.45. The molecule has 4 nitrogen and oxygen atoms in total. The van der Waals surface area contributed by atoms with Crippen molar-refractivity contribution in [3.63, 3.8) is 0 Å². The maximum atomic E-state index is 9.70. The summed E-state index contributed by atoms with van der Waals surface area (Å²) in [6.45, 7) is 2.70. The zero-order valence-electron chi connectivity index (χ0n) is 22.2. The van der Waals surface area contributed by atoms with Gasteiger partial charge < -0.3 is 9.84 Å². The zero-order chi connectivity index (χ0) is 26.9. The number of aliphatic hydroxyl groups excluding tert-OH is 1. The molecule has 39 heavy (non-hydrogen) atoms. The summed E-state index contributed by atoms with van der Waals surface area (Å²) in [5, 5.41) is 13.6. The lowest BCUT2D eigenvalue weighted by Crippen LogP contribution is -2.26. The SMILES string of the molecule is OCCN(Cc1ccc2cc(OCCCCCc3ccccc3)ccc2c1)Cc1cc2ccccc2nc1Cl. The van der Waals surface area contributed by atoms with Crippen molar-refractivity contribution in [2.24, 2.45) is 0 Å². The molecule has 0 fully saturated rings. The van der Waals surface area contributed by atoms with Gasteiger partial charge in [-0.15, -0.1) is 0 Å². The monoisotopic (exact) mass is 538 g/mol. The molecule has 200 valence electrons. The Morgan fingerprint density at radius 1 is 0.718 bits per heavy atom. The molecule has 5 heteroatoms. The van der Waals surface area contributed by atoms with Crippen molar-refractivity contribution in [3.05, 3.63) is 119 Å². The van der Waals surface area contributed by atoms with Crippen LogP contribution in [-0.4, -0.2) is 34.7 Å². The Balaban J connectivity index is 1.16. The number of fused-ring (bicyclic) bond motifs is 2. The van der Waals surface area contributed by atoms with Crippen LogP contribution in [0.15, 0.2) is 97.1 Å². The minimum absolute atomic E-state index is 0.0825. The molecule has 0 radical (unpaired) electrons. The van der Waals surface area contributed by atoms with E-state index in [0.29, 0.717) is 24.8 Å². The Morgan fingerprint density at radius 3 is 2.38 bits per heavy atom. The first-order valence-electron chi connectivity index (χ1n) is 13.7. The molecule has 0 aliphatic heterocycles. The minimum atomic E-state index is 0.0825. The lowest BCUT2D eigenvalue weighted by atomic mass is 10.1. The van der Waals surface area contributed by atoms with Crippen molar-refractivity contribution >= 4 is 33.3 Å². The highest BCUT2D eigenvalue weighted by molar-refractivity contribution is 6.30. The van der Waals surface area contributed by atoms with Crippen molar-refractivity contribution in [1.82, 2.24) is 9.88 Å². The van der Waals surface area contributed by atoms with Crippen molar-refractivity contribution in [1.29, 1.82) is 0 Å². The van der Waals surface area contributed by atoms with Crippen molar-refractivity contribution in [2.75, 3.05) is 19.8 Å². The van der Waals surface area contributed by atoms with Crippen molar-refractivity contribution in [3.8, 4) is 5.75 Å². The summed E-state index contributed by atoms with van der Waals surface area (Å²) in [5.74, 6) is 0.915. The predicted octanol–water partition coefficient (Wildman–Crippen LogP) is 7.83. The van der Waals surface area contributed by atoms with Gasteiger partial charge in [0.05, 0.1) is 18.7 Å². The summed E-state index contributed by atoms with van der Waals surface area (Å²) in [6.07, 6.45) is 4.53. The van der Waals surface area contributed by atoms with Gasteiger partial charge in [0.25, 0.3) is 0 Å². The van der Waals surface area contributed by atoms with Crippen LogP contribution in [0.2, 0.25) is 5.15 Å². The Kier molecular flexibility index (Phi) is 9.44. The fourth-order valence-electron chi connectivity index (χ4n) is 5.01. The second-order valence-corrected chi connectivity index (χ2v) is 10.4. The van der Waals surface area contributed by atoms with E-state index >= 15 is 0 Å². The van der Waals surface area contributed by atoms with Gasteiger partial charge in [-0.25, -0.2) is 4.98 Å². The number of aryl methyl sites for hydroxylation is 1. The van der Waals surface area contributed by atoms with Crippen molar-refractivity contribution < 1.29 is 9.84 Å². The van der Waals surface area contributed by atoms with Crippen LogP contribution in [0.4, 0.5) is 0 Å². The topological polar surface area (TPSA) is 45.6 Å². The zero-order valence-corrected chi connectivity index (χ0v) is 23.0. The van der Waals surface area contributed by atoms with Gasteiger partial charge in [-0.2, -0.15) is 0 Å². The molecule has 0 atom stereocenters. The third kappa shape index (κ3) is 7.57. The van der Waals surface area contributed by atoms with E-state index in [0.717, 1.165) is 53.5 Å². The molecular weight excluding hydrogens is 504 g/mol. The largest absolute Gasteiger partial charge is 0.494 e. The highest BCUT2D eigenvalue weighted by atomic mass is 35.5. The van der Waals surface area contributed by atoms with Crippen LogP contribution in [-0.2, 0) is 19.5 Å². The molecule has 1 heterocycles. The van der Waals surface area contributed by atoms with E-state index in [-0.39, 0.29) is 6.61 Å². The first-order chi connectivity index (χ1) is 19.2. The van der Waals surface area contributed by atoms with Gasteiger partial charge in [-0.3, -0.25) is 4.90 Å². The molecule has 0 spiro atoms. The quantitative estimate of drug-likeness (QED) is 0.122. The molecule has 0 saturated carbocycles. The van der Waals surface area contributed by atoms with Gasteiger partial charge in [-0.1, -0.05) is 78.3 Å². The molecule has 0 amide bonds. The number of rotatable bonds is 13. The molecule has 0 unspecified atom stereocenters. The molecular formula is C34H35ClN2O2.